The van der Waals surface area contributed by atoms with Crippen molar-refractivity contribution in [2.75, 3.05) is 24.7 Å². The lowest BCUT2D eigenvalue weighted by Crippen LogP contribution is -2.30. The molecule has 6 nitrogen and oxygen atoms in total. The van der Waals surface area contributed by atoms with E-state index < -0.39 is 11.9 Å². The van der Waals surface area contributed by atoms with Crippen LogP contribution in [0.2, 0.25) is 0 Å². The van der Waals surface area contributed by atoms with Gasteiger partial charge in [-0.25, -0.2) is 15.0 Å². The number of hydroxylamine groups is 1. The Morgan fingerprint density at radius 2 is 2.10 bits per heavy atom. The zero-order valence-corrected chi connectivity index (χ0v) is 11.6. The zero-order chi connectivity index (χ0) is 15.6. The lowest BCUT2D eigenvalue weighted by Gasteiger charge is -2.23. The van der Waals surface area contributed by atoms with E-state index in [-0.39, 0.29) is 24.3 Å². The summed E-state index contributed by atoms with van der Waals surface area (Å²) in [6, 6.07) is 0.844. The van der Waals surface area contributed by atoms with Crippen LogP contribution in [0, 0.1) is 6.92 Å². The van der Waals surface area contributed by atoms with E-state index in [1.807, 2.05) is 0 Å². The highest BCUT2D eigenvalue weighted by Gasteiger charge is 2.34. The van der Waals surface area contributed by atoms with Crippen molar-refractivity contribution in [2.24, 2.45) is 0 Å². The first kappa shape index (κ1) is 15.5. The molecule has 2 rings (SSSR count). The minimum atomic E-state index is -4.55. The summed E-state index contributed by atoms with van der Waals surface area (Å²) in [6.45, 7) is 4.07. The van der Waals surface area contributed by atoms with Crippen molar-refractivity contribution >= 4 is 12.2 Å². The molecule has 0 aromatic carbocycles. The van der Waals surface area contributed by atoms with Gasteiger partial charge in [-0.3, -0.25) is 9.63 Å². The van der Waals surface area contributed by atoms with Crippen molar-refractivity contribution < 1.29 is 22.8 Å². The first-order valence-corrected chi connectivity index (χ1v) is 6.36. The monoisotopic (exact) mass is 304 g/mol. The zero-order valence-electron chi connectivity index (χ0n) is 11.6. The summed E-state index contributed by atoms with van der Waals surface area (Å²) in [6.07, 6.45) is -4.20. The maximum atomic E-state index is 12.8. The summed E-state index contributed by atoms with van der Waals surface area (Å²) >= 11 is 0. The molecule has 2 heterocycles. The summed E-state index contributed by atoms with van der Waals surface area (Å²) in [5.41, 5.74) is -1.02. The number of alkyl halides is 3. The van der Waals surface area contributed by atoms with Crippen LogP contribution in [0.1, 0.15) is 18.4 Å². The van der Waals surface area contributed by atoms with E-state index in [9.17, 15) is 18.0 Å². The van der Waals surface area contributed by atoms with E-state index in [0.29, 0.717) is 19.5 Å². The van der Waals surface area contributed by atoms with Gasteiger partial charge in [0.1, 0.15) is 17.6 Å². The second-order valence-electron chi connectivity index (χ2n) is 4.77. The number of aryl methyl sites for hydroxylation is 1. The van der Waals surface area contributed by atoms with Crippen molar-refractivity contribution in [2.45, 2.75) is 26.1 Å². The van der Waals surface area contributed by atoms with Gasteiger partial charge in [-0.2, -0.15) is 13.2 Å². The van der Waals surface area contributed by atoms with Gasteiger partial charge in [-0.15, -0.1) is 0 Å². The van der Waals surface area contributed by atoms with Crippen LogP contribution in [0.25, 0.3) is 0 Å². The smallest absolute Gasteiger partial charge is 0.341 e. The van der Waals surface area contributed by atoms with E-state index in [1.165, 1.54) is 16.9 Å². The van der Waals surface area contributed by atoms with Gasteiger partial charge in [0, 0.05) is 19.2 Å². The Kier molecular flexibility index (Phi) is 4.31. The molecule has 0 saturated carbocycles. The Bertz CT molecular complexity index is 524. The van der Waals surface area contributed by atoms with Crippen LogP contribution in [0.4, 0.5) is 19.0 Å². The molecule has 9 heteroatoms. The minimum Gasteiger partial charge on any atom is -0.341 e. The Labute approximate surface area is 119 Å². The highest BCUT2D eigenvalue weighted by Crippen LogP contribution is 2.30. The molecule has 0 bridgehead atoms. The molecule has 0 unspecified atom stereocenters. The summed E-state index contributed by atoms with van der Waals surface area (Å²) < 4.78 is 38.4. The van der Waals surface area contributed by atoms with Crippen molar-refractivity contribution in [1.29, 1.82) is 0 Å². The largest absolute Gasteiger partial charge is 0.433 e. The normalized spacial score (nSPS) is 20.3. The van der Waals surface area contributed by atoms with Crippen molar-refractivity contribution in [3.05, 3.63) is 17.6 Å². The van der Waals surface area contributed by atoms with Crippen LogP contribution in [0.15, 0.2) is 6.07 Å². The Hall–Kier alpha value is -1.90. The molecule has 1 saturated heterocycles. The fraction of sp³-hybridized carbons (Fsp3) is 0.583. The first-order valence-electron chi connectivity index (χ1n) is 6.36. The SMILES string of the molecule is Cc1nc(N2CCN(C=O)C[C@H](C)O2)cc(C(F)(F)F)n1. The second-order valence-corrected chi connectivity index (χ2v) is 4.77. The molecular formula is C12H15F3N4O2. The number of amides is 1. The predicted octanol–water partition coefficient (Wildman–Crippen LogP) is 1.40. The maximum Gasteiger partial charge on any atom is 0.433 e. The predicted molar refractivity (Wildman–Crippen MR) is 67.3 cm³/mol. The molecule has 0 aliphatic carbocycles. The van der Waals surface area contributed by atoms with E-state index in [4.69, 9.17) is 4.84 Å². The number of hydrogen-bond donors (Lipinski definition) is 0. The second kappa shape index (κ2) is 5.84. The van der Waals surface area contributed by atoms with Gasteiger partial charge in [0.25, 0.3) is 0 Å². The molecule has 1 aliphatic rings. The standard InChI is InChI=1S/C12H15F3N4O2/c1-8-6-18(7-20)3-4-19(21-8)11-5-10(12(13,14)15)16-9(2)17-11/h5,7-8H,3-4,6H2,1-2H3/t8-/m0/s1. The molecule has 1 aliphatic heterocycles. The van der Waals surface area contributed by atoms with E-state index in [1.54, 1.807) is 6.92 Å². The van der Waals surface area contributed by atoms with E-state index in [2.05, 4.69) is 9.97 Å². The molecule has 1 amide bonds. The van der Waals surface area contributed by atoms with Gasteiger partial charge in [-0.05, 0) is 13.8 Å². The Morgan fingerprint density at radius 1 is 1.38 bits per heavy atom. The van der Waals surface area contributed by atoms with Gasteiger partial charge in [-0.1, -0.05) is 0 Å². The van der Waals surface area contributed by atoms with Crippen molar-refractivity contribution in [1.82, 2.24) is 14.9 Å². The highest BCUT2D eigenvalue weighted by molar-refractivity contribution is 5.47. The molecule has 0 spiro atoms. The first-order chi connectivity index (χ1) is 9.79. The maximum absolute atomic E-state index is 12.8. The molecule has 0 radical (unpaired) electrons. The van der Waals surface area contributed by atoms with Gasteiger partial charge >= 0.3 is 6.18 Å². The third kappa shape index (κ3) is 3.81. The third-order valence-corrected chi connectivity index (χ3v) is 2.91. The van der Waals surface area contributed by atoms with Crippen LogP contribution in [-0.2, 0) is 15.8 Å². The van der Waals surface area contributed by atoms with Gasteiger partial charge in [0.15, 0.2) is 5.82 Å². The number of carbonyl (C=O) groups is 1. The lowest BCUT2D eigenvalue weighted by atomic mass is 10.3. The highest BCUT2D eigenvalue weighted by atomic mass is 19.4. The van der Waals surface area contributed by atoms with Crippen LogP contribution >= 0.6 is 0 Å². The molecule has 1 aromatic heterocycles. The van der Waals surface area contributed by atoms with Crippen molar-refractivity contribution in [3.8, 4) is 0 Å². The van der Waals surface area contributed by atoms with Crippen LogP contribution in [-0.4, -0.2) is 47.0 Å². The molecular weight excluding hydrogens is 289 g/mol. The summed E-state index contributed by atoms with van der Waals surface area (Å²) in [7, 11) is 0. The van der Waals surface area contributed by atoms with Crippen molar-refractivity contribution in [3.63, 3.8) is 0 Å². The third-order valence-electron chi connectivity index (χ3n) is 2.91. The summed E-state index contributed by atoms with van der Waals surface area (Å²) in [5, 5.41) is 1.28. The summed E-state index contributed by atoms with van der Waals surface area (Å²) in [4.78, 5) is 25.2. The number of halogens is 3. The number of carbonyl (C=O) groups excluding carboxylic acids is 1. The number of anilines is 1. The molecule has 21 heavy (non-hydrogen) atoms. The van der Waals surface area contributed by atoms with Crippen LogP contribution in [0.5, 0.6) is 0 Å². The molecule has 1 fully saturated rings. The quantitative estimate of drug-likeness (QED) is 0.773. The fourth-order valence-corrected chi connectivity index (χ4v) is 2.03. The van der Waals surface area contributed by atoms with E-state index >= 15 is 0 Å². The molecule has 0 N–H and O–H groups in total. The average molecular weight is 304 g/mol. The Morgan fingerprint density at radius 3 is 2.71 bits per heavy atom. The number of hydrogen-bond acceptors (Lipinski definition) is 5. The van der Waals surface area contributed by atoms with Gasteiger partial charge in [0.2, 0.25) is 6.41 Å². The lowest BCUT2D eigenvalue weighted by molar-refractivity contribution is -0.141. The number of rotatable bonds is 2. The topological polar surface area (TPSA) is 58.6 Å². The van der Waals surface area contributed by atoms with Crippen LogP contribution in [0.3, 0.4) is 0 Å². The van der Waals surface area contributed by atoms with E-state index in [0.717, 1.165) is 6.07 Å². The van der Waals surface area contributed by atoms with Crippen LogP contribution < -0.4 is 5.06 Å². The van der Waals surface area contributed by atoms with Gasteiger partial charge in [0.05, 0.1) is 6.54 Å². The minimum absolute atomic E-state index is 0.00701. The Balaban J connectivity index is 2.28. The molecule has 116 valence electrons. The molecule has 1 atom stereocenters. The number of aromatic nitrogens is 2. The number of nitrogens with zero attached hydrogens (tertiary/aromatic N) is 4. The molecule has 1 aromatic rings. The fourth-order valence-electron chi connectivity index (χ4n) is 2.03. The summed E-state index contributed by atoms with van der Waals surface area (Å²) in [5.74, 6) is 0.0435. The van der Waals surface area contributed by atoms with Gasteiger partial charge < -0.3 is 4.90 Å². The average Bonchev–Trinajstić information content (AvgIpc) is 2.58.